The Morgan fingerprint density at radius 1 is 0.750 bits per heavy atom. The summed E-state index contributed by atoms with van der Waals surface area (Å²) in [6.45, 7) is 6.35. The zero-order valence-electron chi connectivity index (χ0n) is 8.24. The lowest BCUT2D eigenvalue weighted by Gasteiger charge is -2.08. The Bertz CT molecular complexity index is 67.5. The van der Waals surface area contributed by atoms with Crippen LogP contribution in [0.15, 0.2) is 0 Å². The van der Waals surface area contributed by atoms with Crippen molar-refractivity contribution in [2.75, 3.05) is 13.1 Å². The molecule has 0 saturated heterocycles. The standard InChI is InChI=1S/C8H22N4/c1-3-5-7-9-11-12-10-8-6-4-2/h9-12H,3-8H2,1-2H3. The number of hydrazine groups is 3. The molecule has 0 aromatic carbocycles. The molecule has 0 rings (SSSR count). The van der Waals surface area contributed by atoms with Gasteiger partial charge < -0.3 is 0 Å². The van der Waals surface area contributed by atoms with Gasteiger partial charge in [0.05, 0.1) is 0 Å². The summed E-state index contributed by atoms with van der Waals surface area (Å²) in [6.07, 6.45) is 4.84. The van der Waals surface area contributed by atoms with Gasteiger partial charge in [0.2, 0.25) is 0 Å². The van der Waals surface area contributed by atoms with E-state index < -0.39 is 0 Å². The highest BCUT2D eigenvalue weighted by atomic mass is 15.7. The van der Waals surface area contributed by atoms with Gasteiger partial charge in [-0.3, -0.25) is 0 Å². The van der Waals surface area contributed by atoms with Crippen molar-refractivity contribution in [3.8, 4) is 0 Å². The van der Waals surface area contributed by atoms with Crippen LogP contribution < -0.4 is 21.9 Å². The van der Waals surface area contributed by atoms with Crippen LogP contribution in [0, 0.1) is 0 Å². The fourth-order valence-electron chi connectivity index (χ4n) is 0.744. The van der Waals surface area contributed by atoms with Crippen LogP contribution in [0.25, 0.3) is 0 Å². The number of rotatable bonds is 9. The molecule has 12 heavy (non-hydrogen) atoms. The predicted octanol–water partition coefficient (Wildman–Crippen LogP) is 0.690. The molecule has 74 valence electrons. The van der Waals surface area contributed by atoms with Gasteiger partial charge in [0.15, 0.2) is 0 Å². The Morgan fingerprint density at radius 2 is 1.17 bits per heavy atom. The normalized spacial score (nSPS) is 10.5. The molecule has 4 heteroatoms. The van der Waals surface area contributed by atoms with E-state index in [0.717, 1.165) is 13.1 Å². The van der Waals surface area contributed by atoms with Gasteiger partial charge in [-0.05, 0) is 12.8 Å². The molecule has 0 aromatic heterocycles. The lowest BCUT2D eigenvalue weighted by molar-refractivity contribution is 0.364. The SMILES string of the molecule is CCCCNNNNCCCC. The zero-order valence-corrected chi connectivity index (χ0v) is 8.24. The van der Waals surface area contributed by atoms with Crippen LogP contribution in [0.1, 0.15) is 39.5 Å². The number of nitrogens with one attached hydrogen (secondary N) is 4. The molecule has 0 bridgehead atoms. The monoisotopic (exact) mass is 174 g/mol. The quantitative estimate of drug-likeness (QED) is 0.307. The van der Waals surface area contributed by atoms with Crippen molar-refractivity contribution in [2.24, 2.45) is 0 Å². The minimum absolute atomic E-state index is 0.999. The summed E-state index contributed by atoms with van der Waals surface area (Å²) in [5.74, 6) is 0. The molecule has 0 fully saturated rings. The smallest absolute Gasteiger partial charge is 0.0113 e. The summed E-state index contributed by atoms with van der Waals surface area (Å²) in [4.78, 5) is 0. The van der Waals surface area contributed by atoms with Crippen LogP contribution >= 0.6 is 0 Å². The lowest BCUT2D eigenvalue weighted by Crippen LogP contribution is -2.51. The summed E-state index contributed by atoms with van der Waals surface area (Å²) in [7, 11) is 0. The van der Waals surface area contributed by atoms with Crippen LogP contribution in [-0.2, 0) is 0 Å². The van der Waals surface area contributed by atoms with Gasteiger partial charge in [0.25, 0.3) is 0 Å². The first kappa shape index (κ1) is 11.8. The fraction of sp³-hybridized carbons (Fsp3) is 1.00. The maximum absolute atomic E-state index is 3.04. The molecule has 4 N–H and O–H groups in total. The van der Waals surface area contributed by atoms with Gasteiger partial charge >= 0.3 is 0 Å². The molecule has 0 unspecified atom stereocenters. The molecule has 0 aliphatic rings. The first-order valence-corrected chi connectivity index (χ1v) is 4.87. The molecule has 4 nitrogen and oxygen atoms in total. The minimum Gasteiger partial charge on any atom is -0.243 e. The highest BCUT2D eigenvalue weighted by Gasteiger charge is 1.84. The Hall–Kier alpha value is -0.160. The fourth-order valence-corrected chi connectivity index (χ4v) is 0.744. The predicted molar refractivity (Wildman–Crippen MR) is 52.1 cm³/mol. The Kier molecular flexibility index (Phi) is 10.7. The third-order valence-corrected chi connectivity index (χ3v) is 1.55. The number of unbranched alkanes of at least 4 members (excludes halogenated alkanes) is 2. The van der Waals surface area contributed by atoms with E-state index in [4.69, 9.17) is 0 Å². The third-order valence-electron chi connectivity index (χ3n) is 1.55. The highest BCUT2D eigenvalue weighted by molar-refractivity contribution is 4.38. The van der Waals surface area contributed by atoms with E-state index in [9.17, 15) is 0 Å². The highest BCUT2D eigenvalue weighted by Crippen LogP contribution is 1.80. The second-order valence-corrected chi connectivity index (χ2v) is 2.81. The van der Waals surface area contributed by atoms with Crippen molar-refractivity contribution in [1.29, 1.82) is 0 Å². The van der Waals surface area contributed by atoms with Crippen LogP contribution in [0.2, 0.25) is 0 Å². The van der Waals surface area contributed by atoms with Crippen LogP contribution in [0.5, 0.6) is 0 Å². The molecule has 0 radical (unpaired) electrons. The average Bonchev–Trinajstić information content (AvgIpc) is 2.10. The van der Waals surface area contributed by atoms with E-state index in [0.29, 0.717) is 0 Å². The van der Waals surface area contributed by atoms with E-state index in [1.54, 1.807) is 0 Å². The van der Waals surface area contributed by atoms with E-state index in [-0.39, 0.29) is 0 Å². The largest absolute Gasteiger partial charge is 0.243 e. The molecule has 0 atom stereocenters. The van der Waals surface area contributed by atoms with Crippen molar-refractivity contribution >= 4 is 0 Å². The van der Waals surface area contributed by atoms with Gasteiger partial charge in [0.1, 0.15) is 0 Å². The molecular formula is C8H22N4. The van der Waals surface area contributed by atoms with Crippen LogP contribution in [0.4, 0.5) is 0 Å². The van der Waals surface area contributed by atoms with Crippen molar-refractivity contribution in [3.05, 3.63) is 0 Å². The molecule has 0 aromatic rings. The second kappa shape index (κ2) is 10.8. The first-order valence-electron chi connectivity index (χ1n) is 4.87. The number of hydrogen-bond donors (Lipinski definition) is 4. The molecule has 0 aliphatic heterocycles. The van der Waals surface area contributed by atoms with Crippen LogP contribution in [-0.4, -0.2) is 13.1 Å². The molecular weight excluding hydrogens is 152 g/mol. The van der Waals surface area contributed by atoms with E-state index >= 15 is 0 Å². The van der Waals surface area contributed by atoms with Gasteiger partial charge in [-0.25, -0.2) is 10.9 Å². The average molecular weight is 174 g/mol. The van der Waals surface area contributed by atoms with E-state index in [1.165, 1.54) is 25.7 Å². The molecule has 0 spiro atoms. The topological polar surface area (TPSA) is 48.1 Å². The maximum Gasteiger partial charge on any atom is 0.0113 e. The lowest BCUT2D eigenvalue weighted by atomic mass is 10.3. The summed E-state index contributed by atoms with van der Waals surface area (Å²) < 4.78 is 0. The van der Waals surface area contributed by atoms with Crippen LogP contribution in [0.3, 0.4) is 0 Å². The number of hydrogen-bond acceptors (Lipinski definition) is 4. The molecule has 0 aliphatic carbocycles. The maximum atomic E-state index is 3.04. The molecule has 0 heterocycles. The summed E-state index contributed by atoms with van der Waals surface area (Å²) in [5.41, 5.74) is 11.8. The Morgan fingerprint density at radius 3 is 1.50 bits per heavy atom. The summed E-state index contributed by atoms with van der Waals surface area (Å²) in [6, 6.07) is 0. The van der Waals surface area contributed by atoms with Gasteiger partial charge in [-0.2, -0.15) is 11.1 Å². The minimum atomic E-state index is 0.999. The third kappa shape index (κ3) is 9.84. The van der Waals surface area contributed by atoms with Crippen molar-refractivity contribution in [2.45, 2.75) is 39.5 Å². The first-order chi connectivity index (χ1) is 5.91. The van der Waals surface area contributed by atoms with E-state index in [1.807, 2.05) is 0 Å². The molecule has 0 saturated carbocycles. The summed E-state index contributed by atoms with van der Waals surface area (Å²) >= 11 is 0. The van der Waals surface area contributed by atoms with Crippen molar-refractivity contribution in [3.63, 3.8) is 0 Å². The van der Waals surface area contributed by atoms with Crippen molar-refractivity contribution < 1.29 is 0 Å². The second-order valence-electron chi connectivity index (χ2n) is 2.81. The summed E-state index contributed by atoms with van der Waals surface area (Å²) in [5, 5.41) is 0. The molecule has 0 amide bonds. The Labute approximate surface area is 75.4 Å². The van der Waals surface area contributed by atoms with Gasteiger partial charge in [-0.1, -0.05) is 26.7 Å². The van der Waals surface area contributed by atoms with E-state index in [2.05, 4.69) is 35.8 Å². The Balaban J connectivity index is 2.73. The van der Waals surface area contributed by atoms with Gasteiger partial charge in [0, 0.05) is 13.1 Å². The zero-order chi connectivity index (χ0) is 9.07. The van der Waals surface area contributed by atoms with Crippen molar-refractivity contribution in [1.82, 2.24) is 21.9 Å². The van der Waals surface area contributed by atoms with Gasteiger partial charge in [-0.15, -0.1) is 0 Å².